The third-order valence-electron chi connectivity index (χ3n) is 3.18. The summed E-state index contributed by atoms with van der Waals surface area (Å²) in [5.74, 6) is 0. The van der Waals surface area contributed by atoms with Crippen molar-refractivity contribution in [2.45, 2.75) is 6.92 Å². The number of anilines is 2. The van der Waals surface area contributed by atoms with Crippen LogP contribution in [0.2, 0.25) is 0 Å². The van der Waals surface area contributed by atoms with E-state index >= 15 is 0 Å². The monoisotopic (exact) mass is 267 g/mol. The average Bonchev–Trinajstić information content (AvgIpc) is 2.88. The third-order valence-corrected chi connectivity index (χ3v) is 3.18. The van der Waals surface area contributed by atoms with Gasteiger partial charge in [0, 0.05) is 28.9 Å². The molecule has 0 unspecified atom stereocenters. The summed E-state index contributed by atoms with van der Waals surface area (Å²) in [7, 11) is 0. The van der Waals surface area contributed by atoms with Crippen LogP contribution >= 0.6 is 0 Å². The van der Waals surface area contributed by atoms with Gasteiger partial charge in [-0.3, -0.25) is 10.1 Å². The van der Waals surface area contributed by atoms with Crippen molar-refractivity contribution in [3.63, 3.8) is 0 Å². The number of nitrogens with one attached hydrogen (secondary N) is 2. The quantitative estimate of drug-likeness (QED) is 0.553. The molecule has 1 heterocycles. The Morgan fingerprint density at radius 2 is 2.00 bits per heavy atom. The Morgan fingerprint density at radius 1 is 1.15 bits per heavy atom. The topological polar surface area (TPSA) is 71.0 Å². The molecule has 5 nitrogen and oxygen atoms in total. The van der Waals surface area contributed by atoms with Gasteiger partial charge in [0.15, 0.2) is 0 Å². The van der Waals surface area contributed by atoms with E-state index in [1.807, 2.05) is 43.5 Å². The van der Waals surface area contributed by atoms with Crippen molar-refractivity contribution in [3.8, 4) is 0 Å². The first kappa shape index (κ1) is 12.2. The minimum absolute atomic E-state index is 0.0826. The number of nitro benzene ring substituents is 1. The molecule has 5 heteroatoms. The van der Waals surface area contributed by atoms with Crippen molar-refractivity contribution in [1.82, 2.24) is 4.98 Å². The number of nitro groups is 1. The van der Waals surface area contributed by atoms with E-state index in [-0.39, 0.29) is 10.6 Å². The van der Waals surface area contributed by atoms with Crippen molar-refractivity contribution < 1.29 is 4.92 Å². The zero-order chi connectivity index (χ0) is 14.1. The highest BCUT2D eigenvalue weighted by Crippen LogP contribution is 2.29. The zero-order valence-corrected chi connectivity index (χ0v) is 10.9. The van der Waals surface area contributed by atoms with Crippen molar-refractivity contribution in [1.29, 1.82) is 0 Å². The summed E-state index contributed by atoms with van der Waals surface area (Å²) in [6, 6.07) is 12.9. The fourth-order valence-corrected chi connectivity index (χ4v) is 2.18. The van der Waals surface area contributed by atoms with Crippen LogP contribution in [0.3, 0.4) is 0 Å². The molecule has 0 aliphatic carbocycles. The van der Waals surface area contributed by atoms with Gasteiger partial charge in [0.05, 0.1) is 4.92 Å². The van der Waals surface area contributed by atoms with Crippen LogP contribution in [0.15, 0.2) is 48.7 Å². The van der Waals surface area contributed by atoms with Crippen molar-refractivity contribution >= 4 is 28.0 Å². The largest absolute Gasteiger partial charge is 0.361 e. The molecule has 3 aromatic rings. The van der Waals surface area contributed by atoms with Crippen molar-refractivity contribution in [3.05, 3.63) is 64.3 Å². The maximum absolute atomic E-state index is 11.1. The fourth-order valence-electron chi connectivity index (χ4n) is 2.18. The first-order valence-electron chi connectivity index (χ1n) is 6.23. The minimum atomic E-state index is -0.371. The van der Waals surface area contributed by atoms with E-state index < -0.39 is 0 Å². The molecule has 0 aliphatic heterocycles. The molecule has 0 aliphatic rings. The molecule has 0 amide bonds. The maximum atomic E-state index is 11.1. The van der Waals surface area contributed by atoms with Gasteiger partial charge in [-0.15, -0.1) is 0 Å². The van der Waals surface area contributed by atoms with Gasteiger partial charge in [0.1, 0.15) is 5.69 Å². The standard InChI is InChI=1S/C15H13N3O2/c1-10-2-4-14(15(8-10)18(19)20)17-12-3-5-13-11(9-12)6-7-16-13/h2-9,16-17H,1H3. The van der Waals surface area contributed by atoms with E-state index in [0.29, 0.717) is 5.69 Å². The number of nitrogens with zero attached hydrogens (tertiary/aromatic N) is 1. The molecule has 0 atom stereocenters. The van der Waals surface area contributed by atoms with Crippen LogP contribution in [0.4, 0.5) is 17.1 Å². The van der Waals surface area contributed by atoms with Crippen LogP contribution in [-0.4, -0.2) is 9.91 Å². The molecule has 2 aromatic carbocycles. The van der Waals surface area contributed by atoms with Gasteiger partial charge >= 0.3 is 0 Å². The smallest absolute Gasteiger partial charge is 0.292 e. The van der Waals surface area contributed by atoms with Crippen LogP contribution < -0.4 is 5.32 Å². The lowest BCUT2D eigenvalue weighted by Gasteiger charge is -2.08. The summed E-state index contributed by atoms with van der Waals surface area (Å²) in [5.41, 5.74) is 3.30. The lowest BCUT2D eigenvalue weighted by atomic mass is 10.1. The summed E-state index contributed by atoms with van der Waals surface area (Å²) >= 11 is 0. The Balaban J connectivity index is 1.99. The lowest BCUT2D eigenvalue weighted by molar-refractivity contribution is -0.384. The van der Waals surface area contributed by atoms with Crippen molar-refractivity contribution in [2.75, 3.05) is 5.32 Å². The second-order valence-corrected chi connectivity index (χ2v) is 4.68. The molecule has 0 bridgehead atoms. The van der Waals surface area contributed by atoms with E-state index in [1.54, 1.807) is 12.1 Å². The minimum Gasteiger partial charge on any atom is -0.361 e. The van der Waals surface area contributed by atoms with Gasteiger partial charge in [-0.25, -0.2) is 0 Å². The number of aryl methyl sites for hydroxylation is 1. The molecule has 0 saturated carbocycles. The molecule has 0 saturated heterocycles. The van der Waals surface area contributed by atoms with E-state index in [1.165, 1.54) is 0 Å². The van der Waals surface area contributed by atoms with E-state index in [9.17, 15) is 10.1 Å². The van der Waals surface area contributed by atoms with Gasteiger partial charge in [0.25, 0.3) is 5.69 Å². The van der Waals surface area contributed by atoms with Gasteiger partial charge in [-0.2, -0.15) is 0 Å². The van der Waals surface area contributed by atoms with Crippen molar-refractivity contribution in [2.24, 2.45) is 0 Å². The Labute approximate surface area is 115 Å². The second-order valence-electron chi connectivity index (χ2n) is 4.68. The number of aromatic nitrogens is 1. The maximum Gasteiger partial charge on any atom is 0.292 e. The van der Waals surface area contributed by atoms with Gasteiger partial charge in [-0.05, 0) is 42.8 Å². The van der Waals surface area contributed by atoms with E-state index in [0.717, 1.165) is 22.2 Å². The summed E-state index contributed by atoms with van der Waals surface area (Å²) in [5, 5.41) is 15.3. The molecule has 0 radical (unpaired) electrons. The molecular formula is C15H13N3O2. The number of fused-ring (bicyclic) bond motifs is 1. The summed E-state index contributed by atoms with van der Waals surface area (Å²) in [4.78, 5) is 13.8. The molecule has 1 aromatic heterocycles. The predicted octanol–water partition coefficient (Wildman–Crippen LogP) is 4.13. The average molecular weight is 267 g/mol. The summed E-state index contributed by atoms with van der Waals surface area (Å²) < 4.78 is 0. The van der Waals surface area contributed by atoms with E-state index in [2.05, 4.69) is 10.3 Å². The zero-order valence-electron chi connectivity index (χ0n) is 10.9. The van der Waals surface area contributed by atoms with Crippen LogP contribution in [0, 0.1) is 17.0 Å². The Bertz CT molecular complexity index is 793. The second kappa shape index (κ2) is 4.70. The Kier molecular flexibility index (Phi) is 2.87. The van der Waals surface area contributed by atoms with Gasteiger partial charge in [0.2, 0.25) is 0 Å². The number of benzene rings is 2. The summed E-state index contributed by atoms with van der Waals surface area (Å²) in [6.07, 6.45) is 1.86. The first-order chi connectivity index (χ1) is 9.63. The Hall–Kier alpha value is -2.82. The van der Waals surface area contributed by atoms with Crippen LogP contribution in [-0.2, 0) is 0 Å². The molecule has 20 heavy (non-hydrogen) atoms. The molecule has 2 N–H and O–H groups in total. The van der Waals surface area contributed by atoms with Crippen LogP contribution in [0.1, 0.15) is 5.56 Å². The van der Waals surface area contributed by atoms with Gasteiger partial charge in [-0.1, -0.05) is 6.07 Å². The number of rotatable bonds is 3. The number of aromatic amines is 1. The number of H-pyrrole nitrogens is 1. The Morgan fingerprint density at radius 3 is 2.80 bits per heavy atom. The molecular weight excluding hydrogens is 254 g/mol. The number of hydrogen-bond donors (Lipinski definition) is 2. The van der Waals surface area contributed by atoms with Gasteiger partial charge < -0.3 is 10.3 Å². The number of hydrogen-bond acceptors (Lipinski definition) is 3. The predicted molar refractivity (Wildman–Crippen MR) is 79.4 cm³/mol. The molecule has 3 rings (SSSR count). The SMILES string of the molecule is Cc1ccc(Nc2ccc3[nH]ccc3c2)c([N+](=O)[O-])c1. The highest BCUT2D eigenvalue weighted by Gasteiger charge is 2.13. The van der Waals surface area contributed by atoms with E-state index in [4.69, 9.17) is 0 Å². The third kappa shape index (κ3) is 2.21. The van der Waals surface area contributed by atoms with Crippen LogP contribution in [0.5, 0.6) is 0 Å². The van der Waals surface area contributed by atoms with Crippen LogP contribution in [0.25, 0.3) is 10.9 Å². The highest BCUT2D eigenvalue weighted by atomic mass is 16.6. The first-order valence-corrected chi connectivity index (χ1v) is 6.23. The normalized spacial score (nSPS) is 10.7. The molecule has 100 valence electrons. The summed E-state index contributed by atoms with van der Waals surface area (Å²) in [6.45, 7) is 1.84. The fraction of sp³-hybridized carbons (Fsp3) is 0.0667. The molecule has 0 fully saturated rings. The lowest BCUT2D eigenvalue weighted by Crippen LogP contribution is -1.97. The highest BCUT2D eigenvalue weighted by molar-refractivity contribution is 5.84. The molecule has 0 spiro atoms.